The van der Waals surface area contributed by atoms with Gasteiger partial charge in [0.2, 0.25) is 10.0 Å². The summed E-state index contributed by atoms with van der Waals surface area (Å²) in [5.74, 6) is 0.129. The van der Waals surface area contributed by atoms with Crippen LogP contribution < -0.4 is 0 Å². The van der Waals surface area contributed by atoms with Crippen LogP contribution in [0.1, 0.15) is 30.0 Å². The van der Waals surface area contributed by atoms with Gasteiger partial charge in [-0.1, -0.05) is 5.57 Å². The topological polar surface area (TPSA) is 62.9 Å². The van der Waals surface area contributed by atoms with Crippen LogP contribution in [-0.4, -0.2) is 18.6 Å². The van der Waals surface area contributed by atoms with E-state index in [1.807, 2.05) is 6.08 Å². The molecular weight excluding hydrogens is 236 g/mol. The Morgan fingerprint density at radius 3 is 2.82 bits per heavy atom. The lowest BCUT2D eigenvalue weighted by Gasteiger charge is -2.37. The lowest BCUT2D eigenvalue weighted by molar-refractivity contribution is 0.408. The second-order valence-electron chi connectivity index (χ2n) is 4.69. The highest BCUT2D eigenvalue weighted by Gasteiger charge is 2.38. The zero-order valence-electron chi connectivity index (χ0n) is 9.42. The third-order valence-electron chi connectivity index (χ3n) is 3.70. The molecule has 1 aromatic heterocycles. The molecule has 1 heterocycles. The van der Waals surface area contributed by atoms with Gasteiger partial charge in [0, 0.05) is 12.1 Å². The van der Waals surface area contributed by atoms with Crippen molar-refractivity contribution in [3.63, 3.8) is 0 Å². The van der Waals surface area contributed by atoms with Crippen molar-refractivity contribution in [1.29, 1.82) is 5.26 Å². The van der Waals surface area contributed by atoms with E-state index in [-0.39, 0.29) is 5.92 Å². The number of rotatable bonds is 1. The Hall–Kier alpha value is -1.54. The van der Waals surface area contributed by atoms with E-state index in [1.54, 1.807) is 12.3 Å². The quantitative estimate of drug-likeness (QED) is 0.760. The van der Waals surface area contributed by atoms with Gasteiger partial charge in [-0.15, -0.1) is 0 Å². The van der Waals surface area contributed by atoms with E-state index in [0.29, 0.717) is 11.6 Å². The van der Waals surface area contributed by atoms with Gasteiger partial charge in [0.15, 0.2) is 0 Å². The van der Waals surface area contributed by atoms with Crippen LogP contribution in [0.3, 0.4) is 0 Å². The molecule has 0 saturated heterocycles. The normalized spacial score (nSPS) is 26.2. The van der Waals surface area contributed by atoms with Crippen molar-refractivity contribution in [2.45, 2.75) is 18.8 Å². The maximum absolute atomic E-state index is 11.6. The number of nitriles is 1. The smallest absolute Gasteiger partial charge is 0.236 e. The second kappa shape index (κ2) is 3.23. The molecule has 4 nitrogen and oxygen atoms in total. The molecule has 1 fully saturated rings. The van der Waals surface area contributed by atoms with Gasteiger partial charge in [-0.05, 0) is 30.5 Å². The molecule has 1 aromatic rings. The fourth-order valence-electron chi connectivity index (χ4n) is 2.73. The molecule has 0 spiro atoms. The Kier molecular flexibility index (Phi) is 2.02. The summed E-state index contributed by atoms with van der Waals surface area (Å²) in [4.78, 5) is 0. The van der Waals surface area contributed by atoms with Gasteiger partial charge in [0.05, 0.1) is 23.9 Å². The summed E-state index contributed by atoms with van der Waals surface area (Å²) in [6, 6.07) is 4.07. The van der Waals surface area contributed by atoms with E-state index in [2.05, 4.69) is 6.07 Å². The molecule has 3 rings (SSSR count). The summed E-state index contributed by atoms with van der Waals surface area (Å²) in [6.07, 6.45) is 6.69. The van der Waals surface area contributed by atoms with Crippen LogP contribution in [0, 0.1) is 17.2 Å². The maximum atomic E-state index is 11.6. The van der Waals surface area contributed by atoms with Gasteiger partial charge in [-0.3, -0.25) is 0 Å². The van der Waals surface area contributed by atoms with Gasteiger partial charge >= 0.3 is 0 Å². The average Bonchev–Trinajstić information content (AvgIpc) is 2.63. The van der Waals surface area contributed by atoms with Crippen molar-refractivity contribution in [2.24, 2.45) is 5.92 Å². The van der Waals surface area contributed by atoms with Crippen molar-refractivity contribution >= 4 is 16.1 Å². The Morgan fingerprint density at radius 1 is 1.53 bits per heavy atom. The fraction of sp³-hybridized carbons (Fsp3) is 0.417. The van der Waals surface area contributed by atoms with Crippen molar-refractivity contribution < 1.29 is 8.42 Å². The molecule has 5 heteroatoms. The van der Waals surface area contributed by atoms with E-state index < -0.39 is 10.0 Å². The first-order valence-electron chi connectivity index (χ1n) is 5.54. The molecule has 88 valence electrons. The first-order valence-corrected chi connectivity index (χ1v) is 7.39. The summed E-state index contributed by atoms with van der Waals surface area (Å²) in [5, 5.41) is 9.24. The van der Waals surface area contributed by atoms with Crippen molar-refractivity contribution in [3.05, 3.63) is 29.1 Å². The van der Waals surface area contributed by atoms with E-state index in [0.717, 1.165) is 18.4 Å². The second-order valence-corrected chi connectivity index (χ2v) is 6.55. The van der Waals surface area contributed by atoms with Crippen LogP contribution in [0.15, 0.2) is 17.8 Å². The Morgan fingerprint density at radius 2 is 2.29 bits per heavy atom. The molecule has 2 aliphatic rings. The summed E-state index contributed by atoms with van der Waals surface area (Å²) in [5.41, 5.74) is 2.74. The molecule has 0 aromatic carbocycles. The van der Waals surface area contributed by atoms with Crippen molar-refractivity contribution in [2.75, 3.05) is 6.26 Å². The summed E-state index contributed by atoms with van der Waals surface area (Å²) in [7, 11) is -3.29. The SMILES string of the molecule is CS(=O)(=O)n1ccc2c1C=C1CCC1C2C#N. The Balaban J connectivity index is 2.24. The molecule has 0 bridgehead atoms. The van der Waals surface area contributed by atoms with E-state index >= 15 is 0 Å². The van der Waals surface area contributed by atoms with E-state index in [9.17, 15) is 13.7 Å². The molecule has 0 aliphatic heterocycles. The van der Waals surface area contributed by atoms with Crippen LogP contribution in [0.25, 0.3) is 6.08 Å². The fourth-order valence-corrected chi connectivity index (χ4v) is 3.53. The van der Waals surface area contributed by atoms with Crippen LogP contribution in [0.4, 0.5) is 0 Å². The van der Waals surface area contributed by atoms with Crippen LogP contribution in [-0.2, 0) is 10.0 Å². The molecule has 2 atom stereocenters. The van der Waals surface area contributed by atoms with Gasteiger partial charge in [0.25, 0.3) is 0 Å². The van der Waals surface area contributed by atoms with Crippen LogP contribution in [0.2, 0.25) is 0 Å². The molecule has 0 radical (unpaired) electrons. The van der Waals surface area contributed by atoms with Crippen molar-refractivity contribution in [3.8, 4) is 6.07 Å². The number of nitrogens with zero attached hydrogens (tertiary/aromatic N) is 2. The average molecular weight is 248 g/mol. The number of aromatic nitrogens is 1. The van der Waals surface area contributed by atoms with Crippen LogP contribution >= 0.6 is 0 Å². The minimum absolute atomic E-state index is 0.179. The predicted molar refractivity (Wildman–Crippen MR) is 63.7 cm³/mol. The van der Waals surface area contributed by atoms with Crippen LogP contribution in [0.5, 0.6) is 0 Å². The number of hydrogen-bond acceptors (Lipinski definition) is 3. The first kappa shape index (κ1) is 10.6. The maximum Gasteiger partial charge on any atom is 0.236 e. The van der Waals surface area contributed by atoms with E-state index in [1.165, 1.54) is 15.8 Å². The molecule has 0 N–H and O–H groups in total. The van der Waals surface area contributed by atoms with Gasteiger partial charge < -0.3 is 0 Å². The Bertz CT molecular complexity index is 661. The number of allylic oxidation sites excluding steroid dienone is 1. The molecule has 17 heavy (non-hydrogen) atoms. The van der Waals surface area contributed by atoms with Gasteiger partial charge in [0.1, 0.15) is 0 Å². The highest BCUT2D eigenvalue weighted by molar-refractivity contribution is 7.89. The molecule has 2 aliphatic carbocycles. The minimum Gasteiger partial charge on any atom is -0.246 e. The summed E-state index contributed by atoms with van der Waals surface area (Å²) < 4.78 is 24.5. The molecule has 0 amide bonds. The highest BCUT2D eigenvalue weighted by atomic mass is 32.2. The zero-order chi connectivity index (χ0) is 12.2. The summed E-state index contributed by atoms with van der Waals surface area (Å²) >= 11 is 0. The third-order valence-corrected chi connectivity index (χ3v) is 4.73. The molecular formula is C12H12N2O2S. The van der Waals surface area contributed by atoms with E-state index in [4.69, 9.17) is 0 Å². The lowest BCUT2D eigenvalue weighted by atomic mass is 9.66. The largest absolute Gasteiger partial charge is 0.246 e. The molecule has 2 unspecified atom stereocenters. The standard InChI is InChI=1S/C12H12N2O2S/c1-17(15,16)14-5-4-10-11(7-13)9-3-2-8(9)6-12(10)14/h4-6,9,11H,2-3H2,1H3. The predicted octanol–water partition coefficient (Wildman–Crippen LogP) is 1.71. The van der Waals surface area contributed by atoms with Gasteiger partial charge in [-0.2, -0.15) is 5.26 Å². The van der Waals surface area contributed by atoms with Gasteiger partial charge in [-0.25, -0.2) is 12.4 Å². The lowest BCUT2D eigenvalue weighted by Crippen LogP contribution is -2.27. The summed E-state index contributed by atoms with van der Waals surface area (Å²) in [6.45, 7) is 0. The zero-order valence-corrected chi connectivity index (χ0v) is 10.2. The molecule has 1 saturated carbocycles. The first-order chi connectivity index (χ1) is 8.02. The number of fused-ring (bicyclic) bond motifs is 2. The number of hydrogen-bond donors (Lipinski definition) is 0. The minimum atomic E-state index is -3.29. The monoisotopic (exact) mass is 248 g/mol. The van der Waals surface area contributed by atoms with Crippen molar-refractivity contribution in [1.82, 2.24) is 3.97 Å². The highest BCUT2D eigenvalue weighted by Crippen LogP contribution is 2.49. The third kappa shape index (κ3) is 1.37. The Labute approximate surface area is 100 Å².